The molecule has 4 N–H and O–H groups in total. The Balaban J connectivity index is 0.000000708. The molecule has 40 heavy (non-hydrogen) atoms. The molecule has 220 valence electrons. The SMILES string of the molecule is CC(C)(C)NC(=O)CN1CCN(c2ccc(C(=O)O)cc2NS(=O)(=O)c2ccccc2)CC1.O=C(O)C(F)(F)F. The molecule has 1 fully saturated rings. The summed E-state index contributed by atoms with van der Waals surface area (Å²) in [6.45, 7) is 8.44. The molecule has 0 unspecified atom stereocenters. The van der Waals surface area contributed by atoms with Crippen molar-refractivity contribution < 1.29 is 46.2 Å². The van der Waals surface area contributed by atoms with E-state index in [2.05, 4.69) is 10.0 Å². The average molecular weight is 589 g/mol. The van der Waals surface area contributed by atoms with Crippen molar-refractivity contribution in [2.75, 3.05) is 42.3 Å². The fourth-order valence-corrected chi connectivity index (χ4v) is 4.72. The number of carbonyl (C=O) groups excluding carboxylic acids is 1. The minimum Gasteiger partial charge on any atom is -0.478 e. The lowest BCUT2D eigenvalue weighted by atomic mass is 10.1. The maximum Gasteiger partial charge on any atom is 0.490 e. The van der Waals surface area contributed by atoms with Gasteiger partial charge in [0.25, 0.3) is 10.0 Å². The Kier molecular flexibility index (Phi) is 10.5. The van der Waals surface area contributed by atoms with Crippen LogP contribution >= 0.6 is 0 Å². The highest BCUT2D eigenvalue weighted by atomic mass is 32.2. The number of hydrogen-bond acceptors (Lipinski definition) is 7. The van der Waals surface area contributed by atoms with Crippen molar-refractivity contribution in [2.24, 2.45) is 0 Å². The number of aromatic carboxylic acids is 1. The van der Waals surface area contributed by atoms with Crippen molar-refractivity contribution in [3.8, 4) is 0 Å². The van der Waals surface area contributed by atoms with Gasteiger partial charge in [-0.1, -0.05) is 18.2 Å². The Hall–Kier alpha value is -3.85. The number of aliphatic carboxylic acids is 1. The van der Waals surface area contributed by atoms with Gasteiger partial charge < -0.3 is 20.4 Å². The standard InChI is InChI=1S/C23H30N4O5S.C2HF3O2/c1-23(2,3)24-21(28)16-26-11-13-27(14-12-26)20-10-9-17(22(29)30)15-19(20)25-33(31,32)18-7-5-4-6-8-18;3-2(4,5)1(6)7/h4-10,15,25H,11-14,16H2,1-3H3,(H,24,28)(H,29,30);(H,6,7). The molecule has 1 saturated heterocycles. The molecule has 0 saturated carbocycles. The second-order valence-corrected chi connectivity index (χ2v) is 11.5. The lowest BCUT2D eigenvalue weighted by molar-refractivity contribution is -0.192. The first-order chi connectivity index (χ1) is 18.4. The summed E-state index contributed by atoms with van der Waals surface area (Å²) >= 11 is 0. The summed E-state index contributed by atoms with van der Waals surface area (Å²) in [5.41, 5.74) is 0.494. The van der Waals surface area contributed by atoms with Gasteiger partial charge in [0.2, 0.25) is 5.91 Å². The second-order valence-electron chi connectivity index (χ2n) is 9.82. The van der Waals surface area contributed by atoms with E-state index in [1.165, 1.54) is 24.3 Å². The number of benzene rings is 2. The third-order valence-electron chi connectivity index (χ3n) is 5.38. The van der Waals surface area contributed by atoms with Crippen LogP contribution in [-0.2, 0) is 19.6 Å². The molecule has 15 heteroatoms. The van der Waals surface area contributed by atoms with Gasteiger partial charge in [-0.25, -0.2) is 18.0 Å². The van der Waals surface area contributed by atoms with Crippen molar-refractivity contribution in [3.63, 3.8) is 0 Å². The number of halogens is 3. The number of piperazine rings is 1. The summed E-state index contributed by atoms with van der Waals surface area (Å²) in [5.74, 6) is -3.94. The van der Waals surface area contributed by atoms with Crippen molar-refractivity contribution in [3.05, 3.63) is 54.1 Å². The molecule has 1 amide bonds. The molecule has 0 atom stereocenters. The van der Waals surface area contributed by atoms with Crippen LogP contribution < -0.4 is 14.9 Å². The first-order valence-electron chi connectivity index (χ1n) is 11.9. The van der Waals surface area contributed by atoms with Gasteiger partial charge in [-0.15, -0.1) is 0 Å². The molecule has 2 aromatic rings. The largest absolute Gasteiger partial charge is 0.490 e. The smallest absolute Gasteiger partial charge is 0.478 e. The predicted molar refractivity (Wildman–Crippen MR) is 141 cm³/mol. The Morgan fingerprint density at radius 1 is 0.925 bits per heavy atom. The number of carbonyl (C=O) groups is 3. The van der Waals surface area contributed by atoms with Crippen LogP contribution in [0.3, 0.4) is 0 Å². The van der Waals surface area contributed by atoms with Crippen LogP contribution in [0.5, 0.6) is 0 Å². The maximum absolute atomic E-state index is 12.9. The predicted octanol–water partition coefficient (Wildman–Crippen LogP) is 2.86. The topological polar surface area (TPSA) is 156 Å². The summed E-state index contributed by atoms with van der Waals surface area (Å²) in [6.07, 6.45) is -5.08. The van der Waals surface area contributed by atoms with Crippen LogP contribution in [0, 0.1) is 0 Å². The van der Waals surface area contributed by atoms with Gasteiger partial charge in [0.15, 0.2) is 0 Å². The fraction of sp³-hybridized carbons (Fsp3) is 0.400. The Bertz CT molecular complexity index is 1310. The molecule has 1 aliphatic heterocycles. The highest BCUT2D eigenvalue weighted by Gasteiger charge is 2.38. The minimum atomic E-state index is -5.08. The van der Waals surface area contributed by atoms with Gasteiger partial charge in [0.1, 0.15) is 0 Å². The summed E-state index contributed by atoms with van der Waals surface area (Å²) in [7, 11) is -3.89. The molecule has 1 heterocycles. The van der Waals surface area contributed by atoms with Gasteiger partial charge in [-0.3, -0.25) is 14.4 Å². The third kappa shape index (κ3) is 10.0. The van der Waals surface area contributed by atoms with E-state index in [4.69, 9.17) is 9.90 Å². The van der Waals surface area contributed by atoms with Gasteiger partial charge in [-0.2, -0.15) is 13.2 Å². The molecule has 3 rings (SSSR count). The number of nitrogens with zero attached hydrogens (tertiary/aromatic N) is 2. The second kappa shape index (κ2) is 13.0. The molecule has 1 aliphatic rings. The number of amides is 1. The van der Waals surface area contributed by atoms with Crippen molar-refractivity contribution in [1.29, 1.82) is 0 Å². The zero-order valence-electron chi connectivity index (χ0n) is 22.0. The van der Waals surface area contributed by atoms with Crippen LogP contribution in [0.2, 0.25) is 0 Å². The lowest BCUT2D eigenvalue weighted by Crippen LogP contribution is -2.51. The van der Waals surface area contributed by atoms with Crippen LogP contribution in [0.4, 0.5) is 24.5 Å². The van der Waals surface area contributed by atoms with E-state index in [9.17, 15) is 36.3 Å². The van der Waals surface area contributed by atoms with E-state index in [1.54, 1.807) is 24.3 Å². The number of alkyl halides is 3. The van der Waals surface area contributed by atoms with Crippen LogP contribution in [-0.4, -0.2) is 85.8 Å². The number of nitrogens with one attached hydrogen (secondary N) is 2. The Morgan fingerprint density at radius 2 is 1.48 bits per heavy atom. The number of carboxylic acids is 2. The van der Waals surface area contributed by atoms with E-state index < -0.39 is 28.1 Å². The monoisotopic (exact) mass is 588 g/mol. The molecule has 0 bridgehead atoms. The molecule has 0 radical (unpaired) electrons. The third-order valence-corrected chi connectivity index (χ3v) is 6.76. The molecular formula is C25H31F3N4O7S. The lowest BCUT2D eigenvalue weighted by Gasteiger charge is -2.37. The minimum absolute atomic E-state index is 0.0120. The van der Waals surface area contributed by atoms with Crippen molar-refractivity contribution in [2.45, 2.75) is 37.4 Å². The van der Waals surface area contributed by atoms with E-state index in [0.29, 0.717) is 31.9 Å². The van der Waals surface area contributed by atoms with Crippen LogP contribution in [0.15, 0.2) is 53.4 Å². The molecule has 11 nitrogen and oxygen atoms in total. The average Bonchev–Trinajstić information content (AvgIpc) is 2.83. The zero-order chi connectivity index (χ0) is 30.3. The highest BCUT2D eigenvalue weighted by Crippen LogP contribution is 2.30. The van der Waals surface area contributed by atoms with Crippen molar-refractivity contribution in [1.82, 2.24) is 10.2 Å². The van der Waals surface area contributed by atoms with E-state index >= 15 is 0 Å². The number of rotatable bonds is 7. The van der Waals surface area contributed by atoms with Crippen molar-refractivity contribution >= 4 is 39.2 Å². The quantitative estimate of drug-likeness (QED) is 0.382. The van der Waals surface area contributed by atoms with Crippen LogP contribution in [0.25, 0.3) is 0 Å². The number of carboxylic acid groups (broad SMARTS) is 2. The number of hydrogen-bond donors (Lipinski definition) is 4. The van der Waals surface area contributed by atoms with E-state index in [1.807, 2.05) is 30.6 Å². The zero-order valence-corrected chi connectivity index (χ0v) is 22.8. The van der Waals surface area contributed by atoms with Crippen LogP contribution in [0.1, 0.15) is 31.1 Å². The number of sulfonamides is 1. The number of anilines is 2. The summed E-state index contributed by atoms with van der Waals surface area (Å²) in [5, 5.41) is 19.5. The van der Waals surface area contributed by atoms with Gasteiger partial charge in [0, 0.05) is 31.7 Å². The Morgan fingerprint density at radius 3 is 1.95 bits per heavy atom. The molecule has 0 aliphatic carbocycles. The first-order valence-corrected chi connectivity index (χ1v) is 13.4. The normalized spacial score (nSPS) is 14.5. The summed E-state index contributed by atoms with van der Waals surface area (Å²) < 4.78 is 60.0. The molecule has 0 spiro atoms. The van der Waals surface area contributed by atoms with Gasteiger partial charge in [0.05, 0.1) is 28.4 Å². The first kappa shape index (κ1) is 32.4. The molecule has 0 aromatic heterocycles. The fourth-order valence-electron chi connectivity index (χ4n) is 3.64. The highest BCUT2D eigenvalue weighted by molar-refractivity contribution is 7.92. The van der Waals surface area contributed by atoms with E-state index in [0.717, 1.165) is 0 Å². The molecule has 2 aromatic carbocycles. The van der Waals surface area contributed by atoms with Gasteiger partial charge >= 0.3 is 18.1 Å². The summed E-state index contributed by atoms with van der Waals surface area (Å²) in [6, 6.07) is 12.3. The Labute approximate surface area is 229 Å². The summed E-state index contributed by atoms with van der Waals surface area (Å²) in [4.78, 5) is 36.7. The molecular weight excluding hydrogens is 557 g/mol. The maximum atomic E-state index is 12.9. The van der Waals surface area contributed by atoms with E-state index in [-0.39, 0.29) is 34.1 Å². The van der Waals surface area contributed by atoms with Gasteiger partial charge in [-0.05, 0) is 51.1 Å².